The van der Waals surface area contributed by atoms with E-state index >= 15 is 0 Å². The minimum atomic E-state index is -0.419. The molecule has 0 atom stereocenters. The lowest BCUT2D eigenvalue weighted by Crippen LogP contribution is -2.06. The molecule has 122 valence electrons. The smallest absolute Gasteiger partial charge is 0.357 e. The Morgan fingerprint density at radius 3 is 2.54 bits per heavy atom. The summed E-state index contributed by atoms with van der Waals surface area (Å²) in [6.45, 7) is 2.08. The number of hydrogen-bond acceptors (Lipinski definition) is 4. The van der Waals surface area contributed by atoms with Crippen LogP contribution >= 0.6 is 0 Å². The highest BCUT2D eigenvalue weighted by Gasteiger charge is 2.20. The molecule has 5 nitrogen and oxygen atoms in total. The maximum atomic E-state index is 12.3. The van der Waals surface area contributed by atoms with Gasteiger partial charge in [-0.1, -0.05) is 42.5 Å². The van der Waals surface area contributed by atoms with E-state index in [9.17, 15) is 4.79 Å². The molecule has 0 aliphatic rings. The number of nitrogens with one attached hydrogen (secondary N) is 1. The highest BCUT2D eigenvalue weighted by atomic mass is 16.5. The van der Waals surface area contributed by atoms with E-state index in [1.54, 1.807) is 14.0 Å². The number of benzene rings is 2. The molecule has 3 aromatic rings. The molecule has 2 aromatic carbocycles. The third-order valence-corrected chi connectivity index (χ3v) is 3.57. The Hall–Kier alpha value is -3.08. The molecule has 0 aliphatic carbocycles. The Morgan fingerprint density at radius 1 is 1.08 bits per heavy atom. The average Bonchev–Trinajstić information content (AvgIpc) is 3.08. The van der Waals surface area contributed by atoms with Gasteiger partial charge in [-0.15, -0.1) is 0 Å². The quantitative estimate of drug-likeness (QED) is 0.723. The van der Waals surface area contributed by atoms with Gasteiger partial charge >= 0.3 is 5.97 Å². The molecule has 3 rings (SSSR count). The summed E-state index contributed by atoms with van der Waals surface area (Å²) < 4.78 is 10.4. The SMILES string of the molecule is CCOC(=O)c1[nH]c(-c2cccc(OC)c2)nc1-c1ccccc1. The van der Waals surface area contributed by atoms with E-state index in [1.807, 2.05) is 54.6 Å². The molecule has 1 N–H and O–H groups in total. The highest BCUT2D eigenvalue weighted by molar-refractivity contribution is 5.95. The van der Waals surface area contributed by atoms with Gasteiger partial charge in [0, 0.05) is 11.1 Å². The number of ether oxygens (including phenoxy) is 2. The lowest BCUT2D eigenvalue weighted by Gasteiger charge is -2.02. The first kappa shape index (κ1) is 15.8. The number of carbonyl (C=O) groups is 1. The molecule has 5 heteroatoms. The molecule has 0 saturated heterocycles. The fourth-order valence-electron chi connectivity index (χ4n) is 2.44. The van der Waals surface area contributed by atoms with Gasteiger partial charge in [-0.05, 0) is 19.1 Å². The van der Waals surface area contributed by atoms with Crippen LogP contribution < -0.4 is 4.74 Å². The minimum absolute atomic E-state index is 0.306. The van der Waals surface area contributed by atoms with Crippen LogP contribution in [-0.2, 0) is 4.74 Å². The summed E-state index contributed by atoms with van der Waals surface area (Å²) in [6.07, 6.45) is 0. The summed E-state index contributed by atoms with van der Waals surface area (Å²) in [5, 5.41) is 0. The Morgan fingerprint density at radius 2 is 1.83 bits per heavy atom. The number of hydrogen-bond donors (Lipinski definition) is 1. The number of aromatic amines is 1. The van der Waals surface area contributed by atoms with Crippen molar-refractivity contribution in [3.05, 3.63) is 60.3 Å². The van der Waals surface area contributed by atoms with Crippen molar-refractivity contribution in [1.82, 2.24) is 9.97 Å². The molecule has 0 amide bonds. The Kier molecular flexibility index (Phi) is 4.61. The first-order chi connectivity index (χ1) is 11.7. The number of methoxy groups -OCH3 is 1. The van der Waals surface area contributed by atoms with Crippen LogP contribution in [0.25, 0.3) is 22.6 Å². The summed E-state index contributed by atoms with van der Waals surface area (Å²) in [5.41, 5.74) is 2.61. The number of rotatable bonds is 5. The molecular weight excluding hydrogens is 304 g/mol. The van der Waals surface area contributed by atoms with Crippen molar-refractivity contribution >= 4 is 5.97 Å². The molecule has 0 bridgehead atoms. The Labute approximate surface area is 140 Å². The van der Waals surface area contributed by atoms with Crippen LogP contribution in [0.4, 0.5) is 0 Å². The van der Waals surface area contributed by atoms with E-state index in [0.29, 0.717) is 23.8 Å². The molecule has 0 spiro atoms. The van der Waals surface area contributed by atoms with Crippen molar-refractivity contribution < 1.29 is 14.3 Å². The molecule has 0 saturated carbocycles. The molecular formula is C19H18N2O3. The van der Waals surface area contributed by atoms with E-state index in [-0.39, 0.29) is 0 Å². The second-order valence-electron chi connectivity index (χ2n) is 5.13. The second kappa shape index (κ2) is 7.00. The fourth-order valence-corrected chi connectivity index (χ4v) is 2.44. The largest absolute Gasteiger partial charge is 0.497 e. The third kappa shape index (κ3) is 3.15. The Bertz CT molecular complexity index is 841. The van der Waals surface area contributed by atoms with Crippen LogP contribution in [0, 0.1) is 0 Å². The van der Waals surface area contributed by atoms with Gasteiger partial charge in [-0.25, -0.2) is 9.78 Å². The van der Waals surface area contributed by atoms with Crippen molar-refractivity contribution in [2.45, 2.75) is 6.92 Å². The van der Waals surface area contributed by atoms with Crippen molar-refractivity contribution in [3.8, 4) is 28.4 Å². The molecule has 1 heterocycles. The van der Waals surface area contributed by atoms with Gasteiger partial charge in [0.2, 0.25) is 0 Å². The molecule has 0 unspecified atom stereocenters. The number of imidazole rings is 1. The molecule has 0 fully saturated rings. The normalized spacial score (nSPS) is 10.4. The van der Waals surface area contributed by atoms with Gasteiger partial charge in [0.1, 0.15) is 17.3 Å². The van der Waals surface area contributed by atoms with Crippen LogP contribution in [0.2, 0.25) is 0 Å². The average molecular weight is 322 g/mol. The summed E-state index contributed by atoms with van der Waals surface area (Å²) in [6, 6.07) is 17.1. The maximum absolute atomic E-state index is 12.3. The first-order valence-electron chi connectivity index (χ1n) is 7.70. The van der Waals surface area contributed by atoms with Gasteiger partial charge in [0.15, 0.2) is 5.69 Å². The second-order valence-corrected chi connectivity index (χ2v) is 5.13. The third-order valence-electron chi connectivity index (χ3n) is 3.57. The molecule has 0 radical (unpaired) electrons. The number of carbonyl (C=O) groups excluding carboxylic acids is 1. The zero-order valence-corrected chi connectivity index (χ0v) is 13.6. The van der Waals surface area contributed by atoms with Gasteiger partial charge in [-0.3, -0.25) is 0 Å². The molecule has 0 aliphatic heterocycles. The van der Waals surface area contributed by atoms with Crippen molar-refractivity contribution in [2.75, 3.05) is 13.7 Å². The number of esters is 1. The van der Waals surface area contributed by atoms with E-state index in [1.165, 1.54) is 0 Å². The summed E-state index contributed by atoms with van der Waals surface area (Å²) >= 11 is 0. The highest BCUT2D eigenvalue weighted by Crippen LogP contribution is 2.28. The van der Waals surface area contributed by atoms with Crippen molar-refractivity contribution in [1.29, 1.82) is 0 Å². The van der Waals surface area contributed by atoms with Crippen LogP contribution in [0.5, 0.6) is 5.75 Å². The fraction of sp³-hybridized carbons (Fsp3) is 0.158. The van der Waals surface area contributed by atoms with E-state index in [4.69, 9.17) is 9.47 Å². The topological polar surface area (TPSA) is 64.2 Å². The Balaban J connectivity index is 2.10. The predicted molar refractivity (Wildman–Crippen MR) is 92.0 cm³/mol. The first-order valence-corrected chi connectivity index (χ1v) is 7.70. The van der Waals surface area contributed by atoms with Gasteiger partial charge in [-0.2, -0.15) is 0 Å². The van der Waals surface area contributed by atoms with E-state index < -0.39 is 5.97 Å². The maximum Gasteiger partial charge on any atom is 0.357 e. The van der Waals surface area contributed by atoms with E-state index in [2.05, 4.69) is 9.97 Å². The van der Waals surface area contributed by atoms with Crippen molar-refractivity contribution in [2.24, 2.45) is 0 Å². The van der Waals surface area contributed by atoms with Crippen LogP contribution in [0.3, 0.4) is 0 Å². The number of aromatic nitrogens is 2. The summed E-state index contributed by atoms with van der Waals surface area (Å²) in [4.78, 5) is 20.0. The molecule has 1 aromatic heterocycles. The van der Waals surface area contributed by atoms with Crippen LogP contribution in [0.1, 0.15) is 17.4 Å². The minimum Gasteiger partial charge on any atom is -0.497 e. The zero-order valence-electron chi connectivity index (χ0n) is 13.6. The number of nitrogens with zero attached hydrogens (tertiary/aromatic N) is 1. The predicted octanol–water partition coefficient (Wildman–Crippen LogP) is 3.93. The molecule has 24 heavy (non-hydrogen) atoms. The van der Waals surface area contributed by atoms with Crippen LogP contribution in [-0.4, -0.2) is 29.7 Å². The van der Waals surface area contributed by atoms with Crippen molar-refractivity contribution in [3.63, 3.8) is 0 Å². The summed E-state index contributed by atoms with van der Waals surface area (Å²) in [5.74, 6) is 0.900. The lowest BCUT2D eigenvalue weighted by atomic mass is 10.1. The number of H-pyrrole nitrogens is 1. The van der Waals surface area contributed by atoms with Gasteiger partial charge < -0.3 is 14.5 Å². The standard InChI is InChI=1S/C19H18N2O3/c1-3-24-19(22)17-16(13-8-5-4-6-9-13)20-18(21-17)14-10-7-11-15(12-14)23-2/h4-12H,3H2,1-2H3,(H,20,21). The van der Waals surface area contributed by atoms with Crippen LogP contribution in [0.15, 0.2) is 54.6 Å². The van der Waals surface area contributed by atoms with E-state index in [0.717, 1.165) is 16.9 Å². The summed E-state index contributed by atoms with van der Waals surface area (Å²) in [7, 11) is 1.61. The zero-order chi connectivity index (χ0) is 16.9. The lowest BCUT2D eigenvalue weighted by molar-refractivity contribution is 0.0521. The van der Waals surface area contributed by atoms with Gasteiger partial charge in [0.25, 0.3) is 0 Å². The monoisotopic (exact) mass is 322 g/mol. The van der Waals surface area contributed by atoms with Gasteiger partial charge in [0.05, 0.1) is 13.7 Å².